The van der Waals surface area contributed by atoms with Crippen molar-refractivity contribution in [2.45, 2.75) is 59.2 Å². The summed E-state index contributed by atoms with van der Waals surface area (Å²) in [5, 5.41) is 3.81. The molecule has 0 aliphatic heterocycles. The molecule has 29 heavy (non-hydrogen) atoms. The van der Waals surface area contributed by atoms with Crippen LogP contribution in [0.4, 0.5) is 0 Å². The van der Waals surface area contributed by atoms with Gasteiger partial charge in [0, 0.05) is 12.1 Å². The molecule has 0 aliphatic carbocycles. The zero-order chi connectivity index (χ0) is 21.8. The summed E-state index contributed by atoms with van der Waals surface area (Å²) in [7, 11) is 0. The molecule has 2 aromatic rings. The lowest BCUT2D eigenvalue weighted by atomic mass is 10.1. The number of rotatable bonds is 6. The molecule has 0 heterocycles. The Kier molecular flexibility index (Phi) is 7.73. The first kappa shape index (κ1) is 23.2. The van der Waals surface area contributed by atoms with Crippen LogP contribution >= 0.6 is 23.2 Å². The molecule has 6 heteroatoms. The van der Waals surface area contributed by atoms with Gasteiger partial charge in [-0.25, -0.2) is 0 Å². The molecule has 0 bridgehead atoms. The van der Waals surface area contributed by atoms with Crippen LogP contribution in [-0.4, -0.2) is 28.3 Å². The molecule has 1 atom stereocenters. The van der Waals surface area contributed by atoms with E-state index in [1.807, 2.05) is 52.0 Å². The van der Waals surface area contributed by atoms with Gasteiger partial charge in [0.2, 0.25) is 11.8 Å². The van der Waals surface area contributed by atoms with Crippen LogP contribution in [0.2, 0.25) is 10.0 Å². The normalized spacial score (nSPS) is 12.4. The number of nitrogens with one attached hydrogen (secondary N) is 1. The highest BCUT2D eigenvalue weighted by Crippen LogP contribution is 2.23. The fourth-order valence-corrected chi connectivity index (χ4v) is 3.31. The van der Waals surface area contributed by atoms with Gasteiger partial charge >= 0.3 is 0 Å². The van der Waals surface area contributed by atoms with Crippen LogP contribution in [-0.2, 0) is 22.6 Å². The van der Waals surface area contributed by atoms with Crippen LogP contribution < -0.4 is 5.32 Å². The fraction of sp³-hybridized carbons (Fsp3) is 0.391. The fourth-order valence-electron chi connectivity index (χ4n) is 2.99. The van der Waals surface area contributed by atoms with Gasteiger partial charge in [-0.1, -0.05) is 59.1 Å². The molecular formula is C23H28Cl2N2O2. The van der Waals surface area contributed by atoms with Gasteiger partial charge < -0.3 is 10.2 Å². The van der Waals surface area contributed by atoms with Gasteiger partial charge in [0.05, 0.1) is 16.5 Å². The standard InChI is InChI=1S/C23H28Cl2N2O2/c1-15-7-6-8-18(11-15)14-27(16(2)22(29)26-23(3,4)5)21(28)13-17-9-10-19(24)20(25)12-17/h6-12,16H,13-14H2,1-5H3,(H,26,29)/t16-/m1/s1. The summed E-state index contributed by atoms with van der Waals surface area (Å²) in [4.78, 5) is 27.6. The first-order chi connectivity index (χ1) is 13.5. The van der Waals surface area contributed by atoms with Crippen molar-refractivity contribution >= 4 is 35.0 Å². The summed E-state index contributed by atoms with van der Waals surface area (Å²) in [6.45, 7) is 9.85. The van der Waals surface area contributed by atoms with E-state index in [4.69, 9.17) is 23.2 Å². The van der Waals surface area contributed by atoms with E-state index in [0.29, 0.717) is 16.6 Å². The predicted octanol–water partition coefficient (Wildman–Crippen LogP) is 5.18. The van der Waals surface area contributed by atoms with Crippen LogP contribution in [0.1, 0.15) is 44.4 Å². The number of carbonyl (C=O) groups is 2. The Labute approximate surface area is 183 Å². The lowest BCUT2D eigenvalue weighted by Gasteiger charge is -2.31. The van der Waals surface area contributed by atoms with Crippen LogP contribution in [0.3, 0.4) is 0 Å². The van der Waals surface area contributed by atoms with Gasteiger partial charge in [0.1, 0.15) is 6.04 Å². The van der Waals surface area contributed by atoms with Crippen LogP contribution in [0.5, 0.6) is 0 Å². The molecule has 0 aromatic heterocycles. The van der Waals surface area contributed by atoms with E-state index in [9.17, 15) is 9.59 Å². The van der Waals surface area contributed by atoms with Gasteiger partial charge in [-0.05, 0) is 57.9 Å². The summed E-state index contributed by atoms with van der Waals surface area (Å²) >= 11 is 12.1. The van der Waals surface area contributed by atoms with Gasteiger partial charge in [0.25, 0.3) is 0 Å². The highest BCUT2D eigenvalue weighted by molar-refractivity contribution is 6.42. The summed E-state index contributed by atoms with van der Waals surface area (Å²) in [6, 6.07) is 12.4. The number of hydrogen-bond donors (Lipinski definition) is 1. The van der Waals surface area contributed by atoms with Crippen LogP contribution in [0, 0.1) is 6.92 Å². The minimum absolute atomic E-state index is 0.135. The van der Waals surface area contributed by atoms with E-state index >= 15 is 0 Å². The molecule has 1 N–H and O–H groups in total. The molecular weight excluding hydrogens is 407 g/mol. The molecule has 0 saturated carbocycles. The number of nitrogens with zero attached hydrogens (tertiary/aromatic N) is 1. The number of hydrogen-bond acceptors (Lipinski definition) is 2. The van der Waals surface area contributed by atoms with Gasteiger partial charge in [-0.3, -0.25) is 9.59 Å². The Balaban J connectivity index is 2.27. The van der Waals surface area contributed by atoms with Crippen molar-refractivity contribution in [3.63, 3.8) is 0 Å². The van der Waals surface area contributed by atoms with E-state index in [2.05, 4.69) is 5.32 Å². The maximum atomic E-state index is 13.2. The van der Waals surface area contributed by atoms with E-state index in [1.54, 1.807) is 30.0 Å². The third-order valence-electron chi connectivity index (χ3n) is 4.44. The third-order valence-corrected chi connectivity index (χ3v) is 5.18. The molecule has 0 aliphatic rings. The summed E-state index contributed by atoms with van der Waals surface area (Å²) in [6.07, 6.45) is 0.135. The highest BCUT2D eigenvalue weighted by Gasteiger charge is 2.28. The van der Waals surface area contributed by atoms with Crippen molar-refractivity contribution in [3.05, 3.63) is 69.2 Å². The zero-order valence-corrected chi connectivity index (χ0v) is 19.1. The highest BCUT2D eigenvalue weighted by atomic mass is 35.5. The molecule has 4 nitrogen and oxygen atoms in total. The molecule has 0 unspecified atom stereocenters. The molecule has 0 spiro atoms. The monoisotopic (exact) mass is 434 g/mol. The molecule has 2 amide bonds. The summed E-state index contributed by atoms with van der Waals surface area (Å²) in [5.74, 6) is -0.339. The molecule has 0 fully saturated rings. The number of carbonyl (C=O) groups excluding carboxylic acids is 2. The van der Waals surface area contributed by atoms with Crippen molar-refractivity contribution < 1.29 is 9.59 Å². The largest absolute Gasteiger partial charge is 0.350 e. The smallest absolute Gasteiger partial charge is 0.242 e. The topological polar surface area (TPSA) is 49.4 Å². The van der Waals surface area contributed by atoms with Crippen molar-refractivity contribution in [2.75, 3.05) is 0 Å². The van der Waals surface area contributed by atoms with Crippen molar-refractivity contribution in [2.24, 2.45) is 0 Å². The maximum Gasteiger partial charge on any atom is 0.242 e. The Morgan fingerprint density at radius 1 is 1.03 bits per heavy atom. The van der Waals surface area contributed by atoms with Crippen molar-refractivity contribution in [1.82, 2.24) is 10.2 Å². The minimum Gasteiger partial charge on any atom is -0.350 e. The number of halogens is 2. The van der Waals surface area contributed by atoms with Crippen molar-refractivity contribution in [3.8, 4) is 0 Å². The first-order valence-corrected chi connectivity index (χ1v) is 10.3. The van der Waals surface area contributed by atoms with E-state index < -0.39 is 6.04 Å². The number of benzene rings is 2. The Morgan fingerprint density at radius 3 is 2.31 bits per heavy atom. The second kappa shape index (κ2) is 9.64. The minimum atomic E-state index is -0.620. The average molecular weight is 435 g/mol. The summed E-state index contributed by atoms with van der Waals surface area (Å²) in [5.41, 5.74) is 2.45. The third kappa shape index (κ3) is 7.06. The van der Waals surface area contributed by atoms with Gasteiger partial charge in [0.15, 0.2) is 0 Å². The second-order valence-corrected chi connectivity index (χ2v) is 9.17. The number of amides is 2. The Morgan fingerprint density at radius 2 is 1.72 bits per heavy atom. The zero-order valence-electron chi connectivity index (χ0n) is 17.6. The van der Waals surface area contributed by atoms with E-state index in [0.717, 1.165) is 16.7 Å². The SMILES string of the molecule is Cc1cccc(CN(C(=O)Cc2ccc(Cl)c(Cl)c2)[C@H](C)C(=O)NC(C)(C)C)c1. The lowest BCUT2D eigenvalue weighted by Crippen LogP contribution is -2.52. The Hall–Kier alpha value is -2.04. The molecule has 2 rings (SSSR count). The van der Waals surface area contributed by atoms with Crippen LogP contribution in [0.25, 0.3) is 0 Å². The molecule has 0 saturated heterocycles. The van der Waals surface area contributed by atoms with Gasteiger partial charge in [-0.2, -0.15) is 0 Å². The first-order valence-electron chi connectivity index (χ1n) is 9.57. The molecule has 0 radical (unpaired) electrons. The molecule has 156 valence electrons. The number of aryl methyl sites for hydroxylation is 1. The van der Waals surface area contributed by atoms with E-state index in [1.165, 1.54) is 0 Å². The quantitative estimate of drug-likeness (QED) is 0.680. The van der Waals surface area contributed by atoms with E-state index in [-0.39, 0.29) is 23.8 Å². The Bertz CT molecular complexity index is 891. The van der Waals surface area contributed by atoms with Gasteiger partial charge in [-0.15, -0.1) is 0 Å². The van der Waals surface area contributed by atoms with Crippen LogP contribution in [0.15, 0.2) is 42.5 Å². The van der Waals surface area contributed by atoms with Crippen molar-refractivity contribution in [1.29, 1.82) is 0 Å². The predicted molar refractivity (Wildman–Crippen MR) is 119 cm³/mol. The maximum absolute atomic E-state index is 13.2. The molecule has 2 aromatic carbocycles. The lowest BCUT2D eigenvalue weighted by molar-refractivity contribution is -0.140. The average Bonchev–Trinajstić information content (AvgIpc) is 2.60. The summed E-state index contributed by atoms with van der Waals surface area (Å²) < 4.78 is 0. The second-order valence-electron chi connectivity index (χ2n) is 8.35.